The first kappa shape index (κ1) is 22.5. The minimum absolute atomic E-state index is 0.180. The summed E-state index contributed by atoms with van der Waals surface area (Å²) < 4.78 is 46.8. The van der Waals surface area contributed by atoms with E-state index in [1.165, 1.54) is 18.2 Å². The minimum atomic E-state index is -4.76. The van der Waals surface area contributed by atoms with Gasteiger partial charge in [-0.3, -0.25) is 4.79 Å². The number of ether oxygens (including phenoxy) is 2. The van der Waals surface area contributed by atoms with Gasteiger partial charge in [0.05, 0.1) is 13.2 Å². The lowest BCUT2D eigenvalue weighted by molar-refractivity contribution is -0.274. The summed E-state index contributed by atoms with van der Waals surface area (Å²) in [6.07, 6.45) is -0.805. The van der Waals surface area contributed by atoms with Crippen molar-refractivity contribution in [3.05, 3.63) is 101 Å². The third kappa shape index (κ3) is 5.37. The quantitative estimate of drug-likeness (QED) is 0.460. The first-order valence-electron chi connectivity index (χ1n) is 10.4. The fourth-order valence-corrected chi connectivity index (χ4v) is 3.99. The molecule has 1 unspecified atom stereocenters. The summed E-state index contributed by atoms with van der Waals surface area (Å²) in [5.74, 6) is 0.248. The van der Waals surface area contributed by atoms with Gasteiger partial charge >= 0.3 is 6.36 Å². The van der Waals surface area contributed by atoms with Crippen LogP contribution in [0.2, 0.25) is 0 Å². The molecule has 1 atom stereocenters. The lowest BCUT2D eigenvalue weighted by atomic mass is 9.88. The maximum atomic E-state index is 13.2. The summed E-state index contributed by atoms with van der Waals surface area (Å²) in [4.78, 5) is 14.9. The fraction of sp³-hybridized carbons (Fsp3) is 0.192. The van der Waals surface area contributed by atoms with Gasteiger partial charge in [-0.05, 0) is 59.0 Å². The Morgan fingerprint density at radius 1 is 0.970 bits per heavy atom. The summed E-state index contributed by atoms with van der Waals surface area (Å²) in [7, 11) is 1.59. The van der Waals surface area contributed by atoms with E-state index in [9.17, 15) is 18.0 Å². The number of alkyl halides is 3. The van der Waals surface area contributed by atoms with Crippen LogP contribution in [0.15, 0.2) is 78.9 Å². The van der Waals surface area contributed by atoms with Crippen LogP contribution < -0.4 is 9.47 Å². The van der Waals surface area contributed by atoms with Gasteiger partial charge in [-0.25, -0.2) is 0 Å². The molecule has 0 N–H and O–H groups in total. The predicted octanol–water partition coefficient (Wildman–Crippen LogP) is 5.78. The number of halogens is 3. The van der Waals surface area contributed by atoms with Crippen LogP contribution >= 0.6 is 0 Å². The van der Waals surface area contributed by atoms with Crippen LogP contribution in [0.1, 0.15) is 28.3 Å². The van der Waals surface area contributed by atoms with Gasteiger partial charge in [0.1, 0.15) is 11.5 Å². The molecule has 3 aromatic rings. The number of amides is 1. The molecule has 1 amide bonds. The molecule has 1 aliphatic rings. The average Bonchev–Trinajstić information content (AvgIpc) is 2.81. The van der Waals surface area contributed by atoms with E-state index in [4.69, 9.17) is 4.74 Å². The first-order valence-corrected chi connectivity index (χ1v) is 10.4. The Kier molecular flexibility index (Phi) is 6.40. The largest absolute Gasteiger partial charge is 0.573 e. The second kappa shape index (κ2) is 9.40. The third-order valence-corrected chi connectivity index (χ3v) is 5.53. The van der Waals surface area contributed by atoms with Gasteiger partial charge < -0.3 is 14.4 Å². The van der Waals surface area contributed by atoms with Gasteiger partial charge in [0, 0.05) is 12.6 Å². The van der Waals surface area contributed by atoms with Gasteiger partial charge in [-0.2, -0.15) is 0 Å². The number of nitrogens with zero attached hydrogens (tertiary/aromatic N) is 1. The number of hydrogen-bond donors (Lipinski definition) is 0. The third-order valence-electron chi connectivity index (χ3n) is 5.53. The highest BCUT2D eigenvalue weighted by atomic mass is 19.4. The van der Waals surface area contributed by atoms with Gasteiger partial charge in [0.15, 0.2) is 0 Å². The summed E-state index contributed by atoms with van der Waals surface area (Å²) in [6, 6.07) is 20.4. The molecule has 0 aromatic heterocycles. The Balaban J connectivity index is 1.62. The molecule has 4 nitrogen and oxygen atoms in total. The molecule has 7 heteroatoms. The van der Waals surface area contributed by atoms with Crippen LogP contribution in [0.25, 0.3) is 6.08 Å². The molecule has 170 valence electrons. The van der Waals surface area contributed by atoms with Crippen molar-refractivity contribution >= 4 is 12.0 Å². The van der Waals surface area contributed by atoms with Gasteiger partial charge in [0.2, 0.25) is 5.91 Å². The van der Waals surface area contributed by atoms with Crippen molar-refractivity contribution in [3.63, 3.8) is 0 Å². The highest BCUT2D eigenvalue weighted by molar-refractivity contribution is 5.92. The topological polar surface area (TPSA) is 38.8 Å². The fourth-order valence-electron chi connectivity index (χ4n) is 3.99. The summed E-state index contributed by atoms with van der Waals surface area (Å²) >= 11 is 0. The molecule has 0 saturated heterocycles. The van der Waals surface area contributed by atoms with E-state index < -0.39 is 12.4 Å². The zero-order chi connectivity index (χ0) is 23.4. The van der Waals surface area contributed by atoms with Crippen LogP contribution in [0, 0.1) is 0 Å². The highest BCUT2D eigenvalue weighted by Crippen LogP contribution is 2.36. The van der Waals surface area contributed by atoms with E-state index in [0.29, 0.717) is 18.5 Å². The molecular weight excluding hydrogens is 431 g/mol. The normalized spacial score (nSPS) is 15.9. The van der Waals surface area contributed by atoms with E-state index in [-0.39, 0.29) is 11.7 Å². The molecule has 0 aliphatic carbocycles. The molecule has 33 heavy (non-hydrogen) atoms. The smallest absolute Gasteiger partial charge is 0.497 e. The first-order chi connectivity index (χ1) is 15.8. The number of carbonyl (C=O) groups is 1. The molecule has 0 fully saturated rings. The number of hydrogen-bond acceptors (Lipinski definition) is 3. The van der Waals surface area contributed by atoms with E-state index >= 15 is 0 Å². The summed E-state index contributed by atoms with van der Waals surface area (Å²) in [5, 5.41) is 0. The highest BCUT2D eigenvalue weighted by Gasteiger charge is 2.33. The van der Waals surface area contributed by atoms with E-state index in [1.54, 1.807) is 30.2 Å². The molecular formula is C26H22F3NO3. The van der Waals surface area contributed by atoms with Crippen molar-refractivity contribution in [2.75, 3.05) is 13.7 Å². The van der Waals surface area contributed by atoms with Gasteiger partial charge in [0.25, 0.3) is 0 Å². The monoisotopic (exact) mass is 453 g/mol. The van der Waals surface area contributed by atoms with Crippen molar-refractivity contribution < 1.29 is 27.4 Å². The van der Waals surface area contributed by atoms with Crippen LogP contribution in [0.3, 0.4) is 0 Å². The van der Waals surface area contributed by atoms with Crippen LogP contribution in [-0.2, 0) is 11.2 Å². The van der Waals surface area contributed by atoms with Crippen LogP contribution in [0.4, 0.5) is 13.2 Å². The van der Waals surface area contributed by atoms with Crippen molar-refractivity contribution in [2.24, 2.45) is 0 Å². The molecule has 4 rings (SSSR count). The Labute approximate surface area is 189 Å². The molecule has 0 saturated carbocycles. The Hall–Kier alpha value is -3.74. The van der Waals surface area contributed by atoms with E-state index in [1.807, 2.05) is 48.5 Å². The number of methoxy groups -OCH3 is 1. The van der Waals surface area contributed by atoms with Gasteiger partial charge in [-0.1, -0.05) is 48.5 Å². The minimum Gasteiger partial charge on any atom is -0.497 e. The van der Waals surface area contributed by atoms with Crippen LogP contribution in [-0.4, -0.2) is 30.8 Å². The maximum Gasteiger partial charge on any atom is 0.573 e. The molecule has 0 radical (unpaired) electrons. The zero-order valence-electron chi connectivity index (χ0n) is 17.9. The number of rotatable bonds is 5. The van der Waals surface area contributed by atoms with Crippen molar-refractivity contribution in [1.82, 2.24) is 4.90 Å². The van der Waals surface area contributed by atoms with Crippen molar-refractivity contribution in [3.8, 4) is 11.5 Å². The Morgan fingerprint density at radius 2 is 1.64 bits per heavy atom. The second-order valence-electron chi connectivity index (χ2n) is 7.61. The van der Waals surface area contributed by atoms with E-state index in [0.717, 1.165) is 22.4 Å². The lowest BCUT2D eigenvalue weighted by Gasteiger charge is -2.37. The Bertz CT molecular complexity index is 1140. The van der Waals surface area contributed by atoms with Crippen molar-refractivity contribution in [1.29, 1.82) is 0 Å². The number of carbonyl (C=O) groups excluding carboxylic acids is 1. The van der Waals surface area contributed by atoms with Crippen molar-refractivity contribution in [2.45, 2.75) is 18.8 Å². The predicted molar refractivity (Wildman–Crippen MR) is 119 cm³/mol. The zero-order valence-corrected chi connectivity index (χ0v) is 17.9. The molecule has 3 aromatic carbocycles. The number of benzene rings is 3. The van der Waals surface area contributed by atoms with Gasteiger partial charge in [-0.15, -0.1) is 13.2 Å². The maximum absolute atomic E-state index is 13.2. The summed E-state index contributed by atoms with van der Waals surface area (Å²) in [6.45, 7) is 0.494. The van der Waals surface area contributed by atoms with E-state index in [2.05, 4.69) is 4.74 Å². The SMILES string of the molecule is COc1ccc(/C=C/C(=O)N2CCc3ccccc3C2c2ccc(OC(F)(F)F)cc2)cc1. The average molecular weight is 453 g/mol. The Morgan fingerprint density at radius 3 is 2.30 bits per heavy atom. The standard InChI is InChI=1S/C26H22F3NO3/c1-32-21-11-6-18(7-12-21)8-15-24(31)30-17-16-19-4-2-3-5-23(19)25(30)20-9-13-22(14-10-20)33-26(27,28)29/h2-15,25H,16-17H2,1H3/b15-8+. The van der Waals surface area contributed by atoms with Crippen LogP contribution in [0.5, 0.6) is 11.5 Å². The molecule has 1 heterocycles. The summed E-state index contributed by atoms with van der Waals surface area (Å²) in [5.41, 5.74) is 3.63. The number of fused-ring (bicyclic) bond motifs is 1. The molecule has 1 aliphatic heterocycles. The molecule has 0 bridgehead atoms. The molecule has 0 spiro atoms. The second-order valence-corrected chi connectivity index (χ2v) is 7.61. The lowest BCUT2D eigenvalue weighted by Crippen LogP contribution is -2.39.